The average molecular weight is 261 g/mol. The van der Waals surface area contributed by atoms with Crippen LogP contribution in [0.3, 0.4) is 0 Å². The molecule has 0 aliphatic carbocycles. The fourth-order valence-corrected chi connectivity index (χ4v) is 1.90. The van der Waals surface area contributed by atoms with E-state index in [0.29, 0.717) is 0 Å². The summed E-state index contributed by atoms with van der Waals surface area (Å²) in [6, 6.07) is 8.32. The molecule has 0 saturated heterocycles. The van der Waals surface area contributed by atoms with Gasteiger partial charge in [0.05, 0.1) is 6.10 Å². The molecule has 0 bridgehead atoms. The maximum Gasteiger partial charge on any atom is 0.120 e. The normalized spacial score (nSPS) is 11.9. The Morgan fingerprint density at radius 2 is 2.11 bits per heavy atom. The molecule has 1 rings (SSSR count). The number of hydrogen-bond acceptors (Lipinski definition) is 2. The van der Waals surface area contributed by atoms with Crippen molar-refractivity contribution in [2.75, 3.05) is 13.1 Å². The fourth-order valence-electron chi connectivity index (χ4n) is 1.90. The van der Waals surface area contributed by atoms with Crippen LogP contribution in [0.4, 0.5) is 0 Å². The second-order valence-electron chi connectivity index (χ2n) is 5.12. The zero-order valence-electron chi connectivity index (χ0n) is 12.7. The molecule has 0 amide bonds. The van der Waals surface area contributed by atoms with Crippen LogP contribution in [0.2, 0.25) is 0 Å². The van der Waals surface area contributed by atoms with E-state index in [9.17, 15) is 0 Å². The maximum atomic E-state index is 5.72. The van der Waals surface area contributed by atoms with Gasteiger partial charge in [-0.2, -0.15) is 0 Å². The molecule has 0 aliphatic rings. The lowest BCUT2D eigenvalue weighted by atomic mass is 10.1. The van der Waals surface area contributed by atoms with Gasteiger partial charge in [0.1, 0.15) is 5.75 Å². The summed E-state index contributed by atoms with van der Waals surface area (Å²) in [7, 11) is 0. The number of benzene rings is 1. The third kappa shape index (κ3) is 6.44. The van der Waals surface area contributed by atoms with E-state index < -0.39 is 0 Å². The molecule has 19 heavy (non-hydrogen) atoms. The van der Waals surface area contributed by atoms with Crippen molar-refractivity contribution in [2.24, 2.45) is 0 Å². The highest BCUT2D eigenvalue weighted by atomic mass is 16.5. The monoisotopic (exact) mass is 261 g/mol. The second kappa shape index (κ2) is 8.76. The molecule has 0 atom stereocenters. The lowest BCUT2D eigenvalue weighted by Gasteiger charge is -2.11. The molecular weight excluding hydrogens is 234 g/mol. The number of allylic oxidation sites excluding steroid dienone is 1. The topological polar surface area (TPSA) is 21.3 Å². The minimum Gasteiger partial charge on any atom is -0.491 e. The summed E-state index contributed by atoms with van der Waals surface area (Å²) in [6.07, 6.45) is 4.77. The highest BCUT2D eigenvalue weighted by molar-refractivity contribution is 5.64. The van der Waals surface area contributed by atoms with E-state index in [4.69, 9.17) is 4.74 Å². The first-order valence-corrected chi connectivity index (χ1v) is 7.28. The number of rotatable bonds is 8. The highest BCUT2D eigenvalue weighted by Crippen LogP contribution is 2.21. The molecule has 2 heteroatoms. The van der Waals surface area contributed by atoms with Gasteiger partial charge in [-0.15, -0.1) is 0 Å². The maximum absolute atomic E-state index is 5.72. The van der Waals surface area contributed by atoms with Gasteiger partial charge in [-0.1, -0.05) is 25.1 Å². The molecule has 2 nitrogen and oxygen atoms in total. The third-order valence-electron chi connectivity index (χ3n) is 2.86. The van der Waals surface area contributed by atoms with Crippen LogP contribution in [0.15, 0.2) is 30.3 Å². The van der Waals surface area contributed by atoms with Gasteiger partial charge in [0.2, 0.25) is 0 Å². The van der Waals surface area contributed by atoms with Gasteiger partial charge < -0.3 is 10.1 Å². The molecule has 0 spiro atoms. The van der Waals surface area contributed by atoms with Crippen molar-refractivity contribution in [1.82, 2.24) is 5.32 Å². The zero-order valence-corrected chi connectivity index (χ0v) is 12.7. The van der Waals surface area contributed by atoms with Gasteiger partial charge in [0.25, 0.3) is 0 Å². The van der Waals surface area contributed by atoms with Crippen molar-refractivity contribution < 1.29 is 4.74 Å². The summed E-state index contributed by atoms with van der Waals surface area (Å²) in [6.45, 7) is 10.6. The van der Waals surface area contributed by atoms with E-state index >= 15 is 0 Å². The summed E-state index contributed by atoms with van der Waals surface area (Å²) >= 11 is 0. The Balaban J connectivity index is 2.55. The Hall–Kier alpha value is -1.28. The lowest BCUT2D eigenvalue weighted by molar-refractivity contribution is 0.242. The Bertz CT molecular complexity index is 396. The molecule has 0 fully saturated rings. The van der Waals surface area contributed by atoms with Crippen LogP contribution >= 0.6 is 0 Å². The van der Waals surface area contributed by atoms with E-state index in [1.165, 1.54) is 17.6 Å². The highest BCUT2D eigenvalue weighted by Gasteiger charge is 2.00. The quantitative estimate of drug-likeness (QED) is 0.706. The SMILES string of the molecule is CCCNCCC=C(C)c1cccc(OC(C)C)c1. The lowest BCUT2D eigenvalue weighted by Crippen LogP contribution is -2.15. The third-order valence-corrected chi connectivity index (χ3v) is 2.86. The number of ether oxygens (including phenoxy) is 1. The first kappa shape index (κ1) is 15.8. The summed E-state index contributed by atoms with van der Waals surface area (Å²) in [5.74, 6) is 0.948. The van der Waals surface area contributed by atoms with E-state index in [2.05, 4.69) is 57.3 Å². The van der Waals surface area contributed by atoms with Crippen molar-refractivity contribution in [3.8, 4) is 5.75 Å². The molecule has 106 valence electrons. The van der Waals surface area contributed by atoms with Crippen LogP contribution in [0, 0.1) is 0 Å². The molecule has 1 aromatic rings. The Kier molecular flexibility index (Phi) is 7.27. The molecule has 0 radical (unpaired) electrons. The van der Waals surface area contributed by atoms with E-state index in [0.717, 1.165) is 25.3 Å². The minimum absolute atomic E-state index is 0.220. The number of hydrogen-bond donors (Lipinski definition) is 1. The molecule has 0 aromatic heterocycles. The van der Waals surface area contributed by atoms with Crippen LogP contribution in [0.25, 0.3) is 5.57 Å². The second-order valence-corrected chi connectivity index (χ2v) is 5.12. The molecule has 0 heterocycles. The first-order chi connectivity index (χ1) is 9.13. The van der Waals surface area contributed by atoms with Crippen LogP contribution in [-0.4, -0.2) is 19.2 Å². The number of nitrogens with one attached hydrogen (secondary N) is 1. The summed E-state index contributed by atoms with van der Waals surface area (Å²) in [5, 5.41) is 3.41. The average Bonchev–Trinajstić information content (AvgIpc) is 2.38. The van der Waals surface area contributed by atoms with Crippen molar-refractivity contribution in [1.29, 1.82) is 0 Å². The van der Waals surface area contributed by atoms with Crippen LogP contribution < -0.4 is 10.1 Å². The fraction of sp³-hybridized carbons (Fsp3) is 0.529. The Morgan fingerprint density at radius 3 is 2.79 bits per heavy atom. The van der Waals surface area contributed by atoms with Crippen LogP contribution in [-0.2, 0) is 0 Å². The summed E-state index contributed by atoms with van der Waals surface area (Å²) in [4.78, 5) is 0. The standard InChI is InChI=1S/C17H27NO/c1-5-11-18-12-7-8-15(4)16-9-6-10-17(13-16)19-14(2)3/h6,8-10,13-14,18H,5,7,11-12H2,1-4H3. The first-order valence-electron chi connectivity index (χ1n) is 7.28. The van der Waals surface area contributed by atoms with Crippen LogP contribution in [0.1, 0.15) is 46.1 Å². The van der Waals surface area contributed by atoms with Crippen molar-refractivity contribution in [3.63, 3.8) is 0 Å². The summed E-state index contributed by atoms with van der Waals surface area (Å²) in [5.41, 5.74) is 2.56. The molecular formula is C17H27NO. The Labute approximate surface area is 117 Å². The van der Waals surface area contributed by atoms with Crippen molar-refractivity contribution in [3.05, 3.63) is 35.9 Å². The smallest absolute Gasteiger partial charge is 0.120 e. The molecule has 0 aliphatic heterocycles. The van der Waals surface area contributed by atoms with Gasteiger partial charge >= 0.3 is 0 Å². The van der Waals surface area contributed by atoms with Crippen LogP contribution in [0.5, 0.6) is 5.75 Å². The van der Waals surface area contributed by atoms with E-state index in [1.54, 1.807) is 0 Å². The largest absolute Gasteiger partial charge is 0.491 e. The Morgan fingerprint density at radius 1 is 1.32 bits per heavy atom. The zero-order chi connectivity index (χ0) is 14.1. The van der Waals surface area contributed by atoms with Gasteiger partial charge in [-0.25, -0.2) is 0 Å². The van der Waals surface area contributed by atoms with E-state index in [1.807, 2.05) is 6.07 Å². The van der Waals surface area contributed by atoms with Gasteiger partial charge in [0, 0.05) is 0 Å². The van der Waals surface area contributed by atoms with Crippen molar-refractivity contribution >= 4 is 5.57 Å². The molecule has 1 N–H and O–H groups in total. The molecule has 1 aromatic carbocycles. The van der Waals surface area contributed by atoms with Gasteiger partial charge in [-0.05, 0) is 70.0 Å². The predicted octanol–water partition coefficient (Wildman–Crippen LogP) is 4.27. The minimum atomic E-state index is 0.220. The summed E-state index contributed by atoms with van der Waals surface area (Å²) < 4.78 is 5.72. The predicted molar refractivity (Wildman–Crippen MR) is 83.6 cm³/mol. The van der Waals surface area contributed by atoms with Gasteiger partial charge in [0.15, 0.2) is 0 Å². The van der Waals surface area contributed by atoms with Gasteiger partial charge in [-0.3, -0.25) is 0 Å². The van der Waals surface area contributed by atoms with Crippen molar-refractivity contribution in [2.45, 2.75) is 46.6 Å². The molecule has 0 unspecified atom stereocenters. The van der Waals surface area contributed by atoms with E-state index in [-0.39, 0.29) is 6.10 Å². The molecule has 0 saturated carbocycles.